The van der Waals surface area contributed by atoms with Crippen LogP contribution >= 0.6 is 0 Å². The number of nitrogens with one attached hydrogen (secondary N) is 4. The zero-order valence-electron chi connectivity index (χ0n) is 16.5. The average molecular weight is 426 g/mol. The van der Waals surface area contributed by atoms with E-state index in [1.807, 2.05) is 19.1 Å². The molecule has 2 heterocycles. The second kappa shape index (κ2) is 9.80. The molecule has 1 aliphatic rings. The molecule has 0 radical (unpaired) electrons. The van der Waals surface area contributed by atoms with Gasteiger partial charge in [0, 0.05) is 37.7 Å². The lowest BCUT2D eigenvalue weighted by atomic mass is 10.0. The highest BCUT2D eigenvalue weighted by Gasteiger charge is 2.34. The Morgan fingerprint density at radius 1 is 1.13 bits per heavy atom. The Morgan fingerprint density at radius 3 is 2.43 bits per heavy atom. The van der Waals surface area contributed by atoms with Crippen molar-refractivity contribution in [3.63, 3.8) is 0 Å². The maximum Gasteiger partial charge on any atom is 0.416 e. The number of halogens is 4. The SMILES string of the molecule is Cc1ccc(CNC2NCNC(NC(CN)c3ccc(C(F)(F)F)cc3)C2F)cn1. The van der Waals surface area contributed by atoms with Crippen molar-refractivity contribution < 1.29 is 17.6 Å². The quantitative estimate of drug-likeness (QED) is 0.435. The first-order chi connectivity index (χ1) is 14.3. The fourth-order valence-electron chi connectivity index (χ4n) is 3.28. The normalized spacial score (nSPS) is 23.3. The second-order valence-corrected chi connectivity index (χ2v) is 7.25. The largest absolute Gasteiger partial charge is 0.416 e. The van der Waals surface area contributed by atoms with Crippen molar-refractivity contribution in [3.8, 4) is 0 Å². The molecule has 0 saturated carbocycles. The number of aryl methyl sites for hydroxylation is 1. The van der Waals surface area contributed by atoms with E-state index < -0.39 is 36.3 Å². The molecule has 6 N–H and O–H groups in total. The number of hydrogen-bond donors (Lipinski definition) is 5. The van der Waals surface area contributed by atoms with Gasteiger partial charge in [-0.05, 0) is 36.2 Å². The molecule has 1 aromatic carbocycles. The summed E-state index contributed by atoms with van der Waals surface area (Å²) in [6.07, 6.45) is -5.36. The van der Waals surface area contributed by atoms with E-state index in [0.717, 1.165) is 23.4 Å². The Morgan fingerprint density at radius 2 is 1.83 bits per heavy atom. The molecule has 0 bridgehead atoms. The van der Waals surface area contributed by atoms with Gasteiger partial charge in [0.2, 0.25) is 0 Å². The number of hydrogen-bond acceptors (Lipinski definition) is 6. The van der Waals surface area contributed by atoms with Gasteiger partial charge in [-0.3, -0.25) is 26.3 Å². The molecule has 0 aliphatic carbocycles. The van der Waals surface area contributed by atoms with Crippen molar-refractivity contribution in [3.05, 3.63) is 65.0 Å². The lowest BCUT2D eigenvalue weighted by Gasteiger charge is -2.38. The maximum absolute atomic E-state index is 15.1. The van der Waals surface area contributed by atoms with Gasteiger partial charge in [0.1, 0.15) is 0 Å². The third-order valence-corrected chi connectivity index (χ3v) is 5.04. The van der Waals surface area contributed by atoms with Gasteiger partial charge < -0.3 is 5.73 Å². The first kappa shape index (κ1) is 22.6. The van der Waals surface area contributed by atoms with Crippen LogP contribution in [0.2, 0.25) is 0 Å². The lowest BCUT2D eigenvalue weighted by Crippen LogP contribution is -2.68. The predicted molar refractivity (Wildman–Crippen MR) is 106 cm³/mol. The fraction of sp³-hybridized carbons (Fsp3) is 0.450. The minimum Gasteiger partial charge on any atom is -0.329 e. The molecule has 30 heavy (non-hydrogen) atoms. The van der Waals surface area contributed by atoms with Crippen LogP contribution in [0.3, 0.4) is 0 Å². The molecular formula is C20H26F4N6. The van der Waals surface area contributed by atoms with Gasteiger partial charge in [-0.15, -0.1) is 0 Å². The molecule has 0 amide bonds. The molecule has 4 atom stereocenters. The summed E-state index contributed by atoms with van der Waals surface area (Å²) >= 11 is 0. The van der Waals surface area contributed by atoms with E-state index in [2.05, 4.69) is 26.3 Å². The third kappa shape index (κ3) is 5.73. The number of rotatable bonds is 7. The molecule has 2 aromatic rings. The lowest BCUT2D eigenvalue weighted by molar-refractivity contribution is -0.137. The third-order valence-electron chi connectivity index (χ3n) is 5.04. The van der Waals surface area contributed by atoms with Crippen molar-refractivity contribution in [2.75, 3.05) is 13.2 Å². The van der Waals surface area contributed by atoms with Crippen LogP contribution in [0.15, 0.2) is 42.6 Å². The van der Waals surface area contributed by atoms with Crippen LogP contribution in [0, 0.1) is 6.92 Å². The summed E-state index contributed by atoms with van der Waals surface area (Å²) in [4.78, 5) is 4.22. The molecule has 6 nitrogen and oxygen atoms in total. The molecule has 1 aromatic heterocycles. The van der Waals surface area contributed by atoms with Gasteiger partial charge in [-0.25, -0.2) is 4.39 Å². The number of nitrogens with two attached hydrogens (primary N) is 1. The summed E-state index contributed by atoms with van der Waals surface area (Å²) in [5.74, 6) is 0. The van der Waals surface area contributed by atoms with Gasteiger partial charge >= 0.3 is 6.18 Å². The highest BCUT2D eigenvalue weighted by atomic mass is 19.4. The minimum absolute atomic E-state index is 0.108. The first-order valence-corrected chi connectivity index (χ1v) is 9.67. The number of alkyl halides is 4. The van der Waals surface area contributed by atoms with E-state index in [1.165, 1.54) is 12.1 Å². The van der Waals surface area contributed by atoms with Crippen molar-refractivity contribution >= 4 is 0 Å². The Hall–Kier alpha value is -2.11. The van der Waals surface area contributed by atoms with E-state index in [0.29, 0.717) is 18.8 Å². The molecule has 164 valence electrons. The average Bonchev–Trinajstić information content (AvgIpc) is 2.73. The Bertz CT molecular complexity index is 796. The number of benzene rings is 1. The van der Waals surface area contributed by atoms with Crippen LogP contribution in [0.1, 0.15) is 28.4 Å². The maximum atomic E-state index is 15.1. The predicted octanol–water partition coefficient (Wildman–Crippen LogP) is 1.93. The van der Waals surface area contributed by atoms with Gasteiger partial charge in [-0.1, -0.05) is 18.2 Å². The Balaban J connectivity index is 1.60. The van der Waals surface area contributed by atoms with Crippen LogP contribution in [0.5, 0.6) is 0 Å². The summed E-state index contributed by atoms with van der Waals surface area (Å²) in [6, 6.07) is 8.05. The zero-order chi connectivity index (χ0) is 21.7. The van der Waals surface area contributed by atoms with Gasteiger partial charge in [0.15, 0.2) is 6.17 Å². The number of pyridine rings is 1. The zero-order valence-corrected chi connectivity index (χ0v) is 16.5. The Labute approximate surface area is 172 Å². The molecule has 1 aliphatic heterocycles. The van der Waals surface area contributed by atoms with Crippen molar-refractivity contribution in [2.24, 2.45) is 5.73 Å². The van der Waals surface area contributed by atoms with E-state index in [9.17, 15) is 13.2 Å². The second-order valence-electron chi connectivity index (χ2n) is 7.25. The topological polar surface area (TPSA) is 87.0 Å². The monoisotopic (exact) mass is 426 g/mol. The smallest absolute Gasteiger partial charge is 0.329 e. The summed E-state index contributed by atoms with van der Waals surface area (Å²) in [5, 5.41) is 12.2. The summed E-state index contributed by atoms with van der Waals surface area (Å²) in [6.45, 7) is 2.80. The fourth-order valence-corrected chi connectivity index (χ4v) is 3.28. The van der Waals surface area contributed by atoms with E-state index in [1.54, 1.807) is 6.20 Å². The minimum atomic E-state index is -4.41. The van der Waals surface area contributed by atoms with Gasteiger partial charge in [0.05, 0.1) is 17.9 Å². The summed E-state index contributed by atoms with van der Waals surface area (Å²) in [5.41, 5.74) is 7.46. The Kier molecular flexibility index (Phi) is 7.37. The standard InChI is InChI=1S/C20H26F4N6/c1-12-2-3-13(9-26-12)10-27-18-17(21)19(29-11-28-18)30-16(8-25)14-4-6-15(7-5-14)20(22,23)24/h2-7,9,16-19,27-30H,8,10-11,25H2,1H3. The number of nitrogens with zero attached hydrogens (tertiary/aromatic N) is 1. The van der Waals surface area contributed by atoms with Crippen LogP contribution in [-0.2, 0) is 12.7 Å². The highest BCUT2D eigenvalue weighted by molar-refractivity contribution is 5.27. The molecule has 3 rings (SSSR count). The van der Waals surface area contributed by atoms with Crippen LogP contribution in [0.25, 0.3) is 0 Å². The van der Waals surface area contributed by atoms with E-state index >= 15 is 4.39 Å². The van der Waals surface area contributed by atoms with Crippen LogP contribution in [-0.4, -0.2) is 36.7 Å². The van der Waals surface area contributed by atoms with Gasteiger partial charge in [-0.2, -0.15) is 13.2 Å². The molecule has 1 fully saturated rings. The molecule has 0 spiro atoms. The molecular weight excluding hydrogens is 400 g/mol. The molecule has 10 heteroatoms. The highest BCUT2D eigenvalue weighted by Crippen LogP contribution is 2.30. The van der Waals surface area contributed by atoms with E-state index in [4.69, 9.17) is 5.73 Å². The van der Waals surface area contributed by atoms with Gasteiger partial charge in [0.25, 0.3) is 0 Å². The molecule has 4 unspecified atom stereocenters. The summed E-state index contributed by atoms with van der Waals surface area (Å²) in [7, 11) is 0. The first-order valence-electron chi connectivity index (χ1n) is 9.67. The van der Waals surface area contributed by atoms with Crippen molar-refractivity contribution in [1.82, 2.24) is 26.3 Å². The van der Waals surface area contributed by atoms with Crippen molar-refractivity contribution in [1.29, 1.82) is 0 Å². The van der Waals surface area contributed by atoms with E-state index in [-0.39, 0.29) is 6.54 Å². The number of aromatic nitrogens is 1. The van der Waals surface area contributed by atoms with Crippen LogP contribution in [0.4, 0.5) is 17.6 Å². The van der Waals surface area contributed by atoms with Crippen LogP contribution < -0.4 is 27.0 Å². The summed E-state index contributed by atoms with van der Waals surface area (Å²) < 4.78 is 53.4. The molecule has 1 saturated heterocycles. The van der Waals surface area contributed by atoms with Crippen molar-refractivity contribution in [2.45, 2.75) is 44.2 Å².